The molecule has 30 heavy (non-hydrogen) atoms. The standard InChI is InChI=1S/C21H27FN4O3S/c1-3-24(4-2)21(27)23-17-9-11-18(12-10-17)30(28,29)26-15-13-25(14-16-26)20-8-6-5-7-19(20)22/h5-12H,3-4,13-16H2,1-2H3,(H,23,27). The number of piperazine rings is 1. The topological polar surface area (TPSA) is 73.0 Å². The molecule has 9 heteroatoms. The fourth-order valence-electron chi connectivity index (χ4n) is 3.45. The van der Waals surface area contributed by atoms with E-state index in [1.54, 1.807) is 35.2 Å². The van der Waals surface area contributed by atoms with Crippen molar-refractivity contribution in [3.63, 3.8) is 0 Å². The molecule has 0 bridgehead atoms. The minimum Gasteiger partial charge on any atom is -0.367 e. The molecule has 2 aromatic carbocycles. The summed E-state index contributed by atoms with van der Waals surface area (Å²) in [6.07, 6.45) is 0. The smallest absolute Gasteiger partial charge is 0.321 e. The summed E-state index contributed by atoms with van der Waals surface area (Å²) in [6, 6.07) is 12.4. The highest BCUT2D eigenvalue weighted by atomic mass is 32.2. The quantitative estimate of drug-likeness (QED) is 0.758. The molecule has 0 spiro atoms. The maximum atomic E-state index is 14.0. The Hall–Kier alpha value is -2.65. The largest absolute Gasteiger partial charge is 0.367 e. The lowest BCUT2D eigenvalue weighted by Gasteiger charge is -2.35. The Morgan fingerprint density at radius 3 is 2.17 bits per heavy atom. The van der Waals surface area contributed by atoms with Crippen LogP contribution in [0.4, 0.5) is 20.6 Å². The van der Waals surface area contributed by atoms with Crippen LogP contribution in [0.5, 0.6) is 0 Å². The minimum atomic E-state index is -3.66. The molecule has 1 heterocycles. The van der Waals surface area contributed by atoms with E-state index in [1.165, 1.54) is 22.5 Å². The molecule has 0 atom stereocenters. The third kappa shape index (κ3) is 4.73. The van der Waals surface area contributed by atoms with Crippen LogP contribution in [0.15, 0.2) is 53.4 Å². The fourth-order valence-corrected chi connectivity index (χ4v) is 4.87. The van der Waals surface area contributed by atoms with Crippen LogP contribution in [-0.4, -0.2) is 62.9 Å². The molecule has 1 aliphatic heterocycles. The van der Waals surface area contributed by atoms with E-state index < -0.39 is 10.0 Å². The van der Waals surface area contributed by atoms with Gasteiger partial charge in [-0.25, -0.2) is 17.6 Å². The highest BCUT2D eigenvalue weighted by Crippen LogP contribution is 2.24. The molecule has 0 aromatic heterocycles. The van der Waals surface area contributed by atoms with E-state index in [0.29, 0.717) is 37.6 Å². The van der Waals surface area contributed by atoms with Crippen LogP contribution in [0.1, 0.15) is 13.8 Å². The number of urea groups is 1. The van der Waals surface area contributed by atoms with Gasteiger partial charge < -0.3 is 15.1 Å². The van der Waals surface area contributed by atoms with Gasteiger partial charge in [0.15, 0.2) is 0 Å². The van der Waals surface area contributed by atoms with Crippen LogP contribution in [0.2, 0.25) is 0 Å². The van der Waals surface area contributed by atoms with Gasteiger partial charge in [-0.1, -0.05) is 12.1 Å². The molecule has 1 saturated heterocycles. The van der Waals surface area contributed by atoms with E-state index >= 15 is 0 Å². The molecule has 3 rings (SSSR count). The maximum Gasteiger partial charge on any atom is 0.321 e. The molecule has 0 aliphatic carbocycles. The van der Waals surface area contributed by atoms with Crippen LogP contribution in [0.25, 0.3) is 0 Å². The Morgan fingerprint density at radius 1 is 1.00 bits per heavy atom. The van der Waals surface area contributed by atoms with Crippen molar-refractivity contribution in [2.24, 2.45) is 0 Å². The van der Waals surface area contributed by atoms with Crippen LogP contribution in [-0.2, 0) is 10.0 Å². The number of hydrogen-bond donors (Lipinski definition) is 1. The second-order valence-corrected chi connectivity index (χ2v) is 8.91. The molecule has 2 amide bonds. The number of halogens is 1. The lowest BCUT2D eigenvalue weighted by Crippen LogP contribution is -2.48. The predicted octanol–water partition coefficient (Wildman–Crippen LogP) is 3.21. The molecule has 7 nitrogen and oxygen atoms in total. The van der Waals surface area contributed by atoms with E-state index in [-0.39, 0.29) is 29.8 Å². The minimum absolute atomic E-state index is 0.169. The van der Waals surface area contributed by atoms with Gasteiger partial charge in [0.05, 0.1) is 10.6 Å². The highest BCUT2D eigenvalue weighted by molar-refractivity contribution is 7.89. The number of nitrogens with zero attached hydrogens (tertiary/aromatic N) is 3. The predicted molar refractivity (Wildman–Crippen MR) is 116 cm³/mol. The van der Waals surface area contributed by atoms with Gasteiger partial charge in [-0.05, 0) is 50.2 Å². The number of rotatable bonds is 6. The zero-order valence-electron chi connectivity index (χ0n) is 17.2. The van der Waals surface area contributed by atoms with Crippen LogP contribution in [0.3, 0.4) is 0 Å². The number of anilines is 2. The Kier molecular flexibility index (Phi) is 6.94. The maximum absolute atomic E-state index is 14.0. The van der Waals surface area contributed by atoms with Crippen molar-refractivity contribution in [2.45, 2.75) is 18.7 Å². The number of benzene rings is 2. The summed E-state index contributed by atoms with van der Waals surface area (Å²) in [6.45, 7) is 6.35. The Bertz CT molecular complexity index is 970. The first-order valence-corrected chi connectivity index (χ1v) is 11.5. The molecule has 1 aliphatic rings. The third-order valence-electron chi connectivity index (χ3n) is 5.23. The van der Waals surface area contributed by atoms with Crippen molar-refractivity contribution in [3.05, 3.63) is 54.3 Å². The summed E-state index contributed by atoms with van der Waals surface area (Å²) in [5.74, 6) is -0.309. The number of carbonyl (C=O) groups excluding carboxylic acids is 1. The normalized spacial score (nSPS) is 15.1. The van der Waals surface area contributed by atoms with Gasteiger partial charge in [-0.2, -0.15) is 4.31 Å². The zero-order valence-corrected chi connectivity index (χ0v) is 18.0. The Labute approximate surface area is 177 Å². The number of carbonyl (C=O) groups is 1. The van der Waals surface area contributed by atoms with Crippen LogP contribution >= 0.6 is 0 Å². The summed E-state index contributed by atoms with van der Waals surface area (Å²) in [5, 5.41) is 2.77. The van der Waals surface area contributed by atoms with Crippen molar-refractivity contribution in [3.8, 4) is 0 Å². The van der Waals surface area contributed by atoms with E-state index in [2.05, 4.69) is 5.32 Å². The number of nitrogens with one attached hydrogen (secondary N) is 1. The SMILES string of the molecule is CCN(CC)C(=O)Nc1ccc(S(=O)(=O)N2CCN(c3ccccc3F)CC2)cc1. The molecule has 1 N–H and O–H groups in total. The Morgan fingerprint density at radius 2 is 1.60 bits per heavy atom. The summed E-state index contributed by atoms with van der Waals surface area (Å²) < 4.78 is 41.3. The van der Waals surface area contributed by atoms with E-state index in [4.69, 9.17) is 0 Å². The monoisotopic (exact) mass is 434 g/mol. The van der Waals surface area contributed by atoms with Gasteiger partial charge >= 0.3 is 6.03 Å². The first kappa shape index (κ1) is 22.0. The zero-order chi connectivity index (χ0) is 21.7. The van der Waals surface area contributed by atoms with Crippen molar-refractivity contribution in [1.82, 2.24) is 9.21 Å². The van der Waals surface area contributed by atoms with Crippen molar-refractivity contribution < 1.29 is 17.6 Å². The second kappa shape index (κ2) is 9.44. The van der Waals surface area contributed by atoms with Gasteiger partial charge in [0.1, 0.15) is 5.82 Å². The molecule has 0 saturated carbocycles. The first-order valence-electron chi connectivity index (χ1n) is 10.0. The average Bonchev–Trinajstić information content (AvgIpc) is 2.75. The third-order valence-corrected chi connectivity index (χ3v) is 7.14. The van der Waals surface area contributed by atoms with E-state index in [0.717, 1.165) is 0 Å². The van der Waals surface area contributed by atoms with E-state index in [1.807, 2.05) is 18.7 Å². The van der Waals surface area contributed by atoms with Crippen molar-refractivity contribution in [1.29, 1.82) is 0 Å². The Balaban J connectivity index is 1.65. The lowest BCUT2D eigenvalue weighted by atomic mass is 10.2. The number of hydrogen-bond acceptors (Lipinski definition) is 4. The lowest BCUT2D eigenvalue weighted by molar-refractivity contribution is 0.217. The summed E-state index contributed by atoms with van der Waals surface area (Å²) >= 11 is 0. The van der Waals surface area contributed by atoms with Crippen LogP contribution in [0, 0.1) is 5.82 Å². The van der Waals surface area contributed by atoms with Gasteiger partial charge in [-0.15, -0.1) is 0 Å². The summed E-state index contributed by atoms with van der Waals surface area (Å²) in [7, 11) is -3.66. The van der Waals surface area contributed by atoms with Gasteiger partial charge in [0.2, 0.25) is 10.0 Å². The fraction of sp³-hybridized carbons (Fsp3) is 0.381. The molecule has 0 radical (unpaired) electrons. The number of para-hydroxylation sites is 1. The summed E-state index contributed by atoms with van der Waals surface area (Å²) in [4.78, 5) is 15.8. The molecular formula is C21H27FN4O3S. The van der Waals surface area contributed by atoms with Gasteiger partial charge in [0, 0.05) is 45.0 Å². The molecule has 162 valence electrons. The average molecular weight is 435 g/mol. The van der Waals surface area contributed by atoms with Gasteiger partial charge in [-0.3, -0.25) is 0 Å². The van der Waals surface area contributed by atoms with Gasteiger partial charge in [0.25, 0.3) is 0 Å². The molecule has 1 fully saturated rings. The van der Waals surface area contributed by atoms with Crippen molar-refractivity contribution >= 4 is 27.4 Å². The number of amides is 2. The van der Waals surface area contributed by atoms with E-state index in [9.17, 15) is 17.6 Å². The summed E-state index contributed by atoms with van der Waals surface area (Å²) in [5.41, 5.74) is 1.03. The first-order chi connectivity index (χ1) is 14.4. The van der Waals surface area contributed by atoms with Crippen LogP contribution < -0.4 is 10.2 Å². The molecular weight excluding hydrogens is 407 g/mol. The highest BCUT2D eigenvalue weighted by Gasteiger charge is 2.29. The molecule has 2 aromatic rings. The second-order valence-electron chi connectivity index (χ2n) is 6.97. The number of sulfonamides is 1. The molecule has 0 unspecified atom stereocenters. The van der Waals surface area contributed by atoms with Crippen molar-refractivity contribution in [2.75, 3.05) is 49.5 Å².